The molecule has 0 amide bonds. The largest absolute Gasteiger partial charge is 0.388 e. The highest BCUT2D eigenvalue weighted by Gasteiger charge is 2.57. The van der Waals surface area contributed by atoms with Crippen molar-refractivity contribution in [2.45, 2.75) is 69.7 Å². The van der Waals surface area contributed by atoms with Crippen LogP contribution in [0.3, 0.4) is 0 Å². The Morgan fingerprint density at radius 3 is 2.15 bits per heavy atom. The van der Waals surface area contributed by atoms with Crippen LogP contribution >= 0.6 is 0 Å². The van der Waals surface area contributed by atoms with Crippen molar-refractivity contribution >= 4 is 0 Å². The van der Waals surface area contributed by atoms with Gasteiger partial charge in [-0.15, -0.1) is 6.58 Å². The van der Waals surface area contributed by atoms with Gasteiger partial charge in [0.15, 0.2) is 12.1 Å². The summed E-state index contributed by atoms with van der Waals surface area (Å²) in [5.74, 6) is -0.847. The van der Waals surface area contributed by atoms with E-state index in [2.05, 4.69) is 6.58 Å². The maximum absolute atomic E-state index is 11.0. The lowest BCUT2D eigenvalue weighted by Gasteiger charge is -2.43. The second-order valence-electron chi connectivity index (χ2n) is 8.99. The van der Waals surface area contributed by atoms with Gasteiger partial charge in [0.2, 0.25) is 0 Å². The van der Waals surface area contributed by atoms with E-state index >= 15 is 0 Å². The first-order valence-corrected chi connectivity index (χ1v) is 11.7. The summed E-state index contributed by atoms with van der Waals surface area (Å²) in [6.07, 6.45) is -2.42. The molecule has 6 atom stereocenters. The van der Waals surface area contributed by atoms with E-state index in [0.29, 0.717) is 19.8 Å². The maximum atomic E-state index is 11.0. The molecule has 2 aliphatic rings. The Morgan fingerprint density at radius 1 is 0.941 bits per heavy atom. The van der Waals surface area contributed by atoms with Crippen molar-refractivity contribution in [3.63, 3.8) is 0 Å². The average molecular weight is 471 g/mol. The van der Waals surface area contributed by atoms with E-state index in [9.17, 15) is 5.11 Å². The van der Waals surface area contributed by atoms with Gasteiger partial charge in [-0.25, -0.2) is 0 Å². The van der Waals surface area contributed by atoms with Crippen molar-refractivity contribution in [1.29, 1.82) is 0 Å². The molecule has 0 bridgehead atoms. The molecule has 1 N–H and O–H groups in total. The first-order chi connectivity index (χ1) is 16.5. The van der Waals surface area contributed by atoms with Gasteiger partial charge in [0, 0.05) is 0 Å². The van der Waals surface area contributed by atoms with E-state index in [1.807, 2.05) is 74.5 Å². The summed E-state index contributed by atoms with van der Waals surface area (Å²) in [6, 6.07) is 19.7. The minimum Gasteiger partial charge on any atom is -0.388 e. The van der Waals surface area contributed by atoms with Crippen LogP contribution in [-0.2, 0) is 41.6 Å². The van der Waals surface area contributed by atoms with E-state index in [0.717, 1.165) is 11.1 Å². The quantitative estimate of drug-likeness (QED) is 0.397. The molecule has 0 saturated carbocycles. The molecule has 2 aromatic rings. The lowest BCUT2D eigenvalue weighted by molar-refractivity contribution is -0.303. The molecule has 0 radical (unpaired) electrons. The van der Waals surface area contributed by atoms with E-state index in [-0.39, 0.29) is 6.61 Å². The molecule has 34 heavy (non-hydrogen) atoms. The van der Waals surface area contributed by atoms with Crippen LogP contribution in [0.15, 0.2) is 73.3 Å². The molecule has 2 fully saturated rings. The van der Waals surface area contributed by atoms with Crippen LogP contribution in [0.5, 0.6) is 0 Å². The Kier molecular flexibility index (Phi) is 8.50. The lowest BCUT2D eigenvalue weighted by Crippen LogP contribution is -2.61. The lowest BCUT2D eigenvalue weighted by atomic mass is 9.95. The second-order valence-corrected chi connectivity index (χ2v) is 8.99. The van der Waals surface area contributed by atoms with Crippen LogP contribution < -0.4 is 0 Å². The summed E-state index contributed by atoms with van der Waals surface area (Å²) in [4.78, 5) is 0. The second kappa shape index (κ2) is 11.6. The Morgan fingerprint density at radius 2 is 1.53 bits per heavy atom. The zero-order valence-electron chi connectivity index (χ0n) is 19.7. The standard InChI is InChI=1S/C27H34O7/c1-4-15-29-18-21(28)22-23(30-16-19-11-7-5-8-12-19)24-25(34-27(2,3)33-24)26(32-22)31-17-20-13-9-6-10-14-20/h4-14,21-26,28H,1,15-18H2,2-3H3/t21-,22?,23+,24?,25?,26-/m0/s1. The Hall–Kier alpha value is -2.10. The molecular weight excluding hydrogens is 436 g/mol. The molecular formula is C27H34O7. The fraction of sp³-hybridized carbons (Fsp3) is 0.481. The molecule has 7 heteroatoms. The number of hydrogen-bond acceptors (Lipinski definition) is 7. The van der Waals surface area contributed by atoms with Crippen molar-refractivity contribution in [2.75, 3.05) is 13.2 Å². The summed E-state index contributed by atoms with van der Waals surface area (Å²) in [7, 11) is 0. The van der Waals surface area contributed by atoms with Crippen molar-refractivity contribution < 1.29 is 33.5 Å². The summed E-state index contributed by atoms with van der Waals surface area (Å²) in [6.45, 7) is 8.43. The number of aliphatic hydroxyl groups excluding tert-OH is 1. The van der Waals surface area contributed by atoms with Crippen LogP contribution in [0.1, 0.15) is 25.0 Å². The van der Waals surface area contributed by atoms with Gasteiger partial charge in [-0.05, 0) is 25.0 Å². The topological polar surface area (TPSA) is 75.6 Å². The number of benzene rings is 2. The number of fused-ring (bicyclic) bond motifs is 1. The van der Waals surface area contributed by atoms with Gasteiger partial charge >= 0.3 is 0 Å². The Bertz CT molecular complexity index is 888. The smallest absolute Gasteiger partial charge is 0.187 e. The molecule has 2 aromatic carbocycles. The summed E-state index contributed by atoms with van der Waals surface area (Å²) in [5.41, 5.74) is 2.02. The molecule has 0 spiro atoms. The monoisotopic (exact) mass is 470 g/mol. The molecule has 0 aromatic heterocycles. The molecule has 0 aliphatic carbocycles. The van der Waals surface area contributed by atoms with E-state index in [1.54, 1.807) is 6.08 Å². The van der Waals surface area contributed by atoms with Crippen molar-refractivity contribution in [3.8, 4) is 0 Å². The fourth-order valence-electron chi connectivity index (χ4n) is 4.30. The van der Waals surface area contributed by atoms with Crippen LogP contribution in [-0.4, -0.2) is 60.9 Å². The molecule has 184 valence electrons. The molecule has 2 aliphatic heterocycles. The number of rotatable bonds is 11. The first kappa shape index (κ1) is 25.0. The van der Waals surface area contributed by atoms with Crippen LogP contribution in [0.2, 0.25) is 0 Å². The molecule has 2 saturated heterocycles. The predicted octanol–water partition coefficient (Wildman–Crippen LogP) is 3.60. The van der Waals surface area contributed by atoms with Crippen molar-refractivity contribution in [1.82, 2.24) is 0 Å². The minimum atomic E-state index is -0.961. The van der Waals surface area contributed by atoms with Crippen LogP contribution in [0.4, 0.5) is 0 Å². The highest BCUT2D eigenvalue weighted by molar-refractivity contribution is 5.14. The predicted molar refractivity (Wildman–Crippen MR) is 126 cm³/mol. The summed E-state index contributed by atoms with van der Waals surface area (Å²) < 4.78 is 36.7. The Balaban J connectivity index is 1.54. The van der Waals surface area contributed by atoms with Gasteiger partial charge in [0.1, 0.15) is 30.5 Å². The first-order valence-electron chi connectivity index (χ1n) is 11.7. The fourth-order valence-corrected chi connectivity index (χ4v) is 4.30. The third-order valence-corrected chi connectivity index (χ3v) is 5.82. The number of aliphatic hydroxyl groups is 1. The minimum absolute atomic E-state index is 0.0644. The third-order valence-electron chi connectivity index (χ3n) is 5.82. The number of hydrogen-bond donors (Lipinski definition) is 1. The summed E-state index contributed by atoms with van der Waals surface area (Å²) in [5, 5.41) is 11.0. The Labute approximate surface area is 201 Å². The molecule has 2 heterocycles. The van der Waals surface area contributed by atoms with Crippen molar-refractivity contribution in [3.05, 3.63) is 84.4 Å². The highest BCUT2D eigenvalue weighted by atomic mass is 16.8. The van der Waals surface area contributed by atoms with Crippen LogP contribution in [0.25, 0.3) is 0 Å². The normalized spacial score (nSPS) is 28.9. The molecule has 3 unspecified atom stereocenters. The maximum Gasteiger partial charge on any atom is 0.187 e. The van der Waals surface area contributed by atoms with Gasteiger partial charge in [-0.2, -0.15) is 0 Å². The van der Waals surface area contributed by atoms with Crippen molar-refractivity contribution in [2.24, 2.45) is 0 Å². The van der Waals surface area contributed by atoms with Gasteiger partial charge in [0.25, 0.3) is 0 Å². The van der Waals surface area contributed by atoms with Gasteiger partial charge in [-0.3, -0.25) is 0 Å². The third kappa shape index (κ3) is 6.31. The van der Waals surface area contributed by atoms with E-state index in [1.165, 1.54) is 0 Å². The van der Waals surface area contributed by atoms with Gasteiger partial charge in [-0.1, -0.05) is 66.7 Å². The van der Waals surface area contributed by atoms with Crippen LogP contribution in [0, 0.1) is 0 Å². The highest BCUT2D eigenvalue weighted by Crippen LogP contribution is 2.40. The molecule has 7 nitrogen and oxygen atoms in total. The summed E-state index contributed by atoms with van der Waals surface area (Å²) >= 11 is 0. The molecule has 4 rings (SSSR count). The van der Waals surface area contributed by atoms with Gasteiger partial charge < -0.3 is 33.5 Å². The zero-order chi connectivity index (χ0) is 24.0. The SMILES string of the molecule is C=CCOC[C@H](O)C1O[C@H](OCc2ccccc2)C2OC(C)(C)OC2[C@@H]1OCc1ccccc1. The van der Waals surface area contributed by atoms with E-state index < -0.39 is 42.6 Å². The average Bonchev–Trinajstić information content (AvgIpc) is 3.18. The van der Waals surface area contributed by atoms with Gasteiger partial charge in [0.05, 0.1) is 26.4 Å². The van der Waals surface area contributed by atoms with E-state index in [4.69, 9.17) is 28.4 Å². The number of ether oxygens (including phenoxy) is 6. The zero-order valence-corrected chi connectivity index (χ0v) is 19.7.